The van der Waals surface area contributed by atoms with E-state index >= 15 is 0 Å². The number of nitriles is 1. The van der Waals surface area contributed by atoms with Crippen LogP contribution in [0.15, 0.2) is 24.3 Å². The number of carbonyl (C=O) groups excluding carboxylic acids is 2. The van der Waals surface area contributed by atoms with Crippen molar-refractivity contribution in [1.29, 1.82) is 5.26 Å². The normalized spacial score (nSPS) is 9.20. The molecule has 0 saturated heterocycles. The van der Waals surface area contributed by atoms with Crippen LogP contribution in [0.25, 0.3) is 0 Å². The van der Waals surface area contributed by atoms with E-state index in [1.165, 1.54) is 21.1 Å². The van der Waals surface area contributed by atoms with Crippen LogP contribution in [0.5, 0.6) is 11.5 Å². The summed E-state index contributed by atoms with van der Waals surface area (Å²) in [4.78, 5) is 21.9. The van der Waals surface area contributed by atoms with Crippen LogP contribution in [0.3, 0.4) is 0 Å². The third-order valence-electron chi connectivity index (χ3n) is 3.25. The monoisotopic (exact) mass is 491 g/mol. The van der Waals surface area contributed by atoms with Crippen molar-refractivity contribution in [2.75, 3.05) is 19.5 Å². The van der Waals surface area contributed by atoms with Gasteiger partial charge in [-0.05, 0) is 6.92 Å². The molecule has 10 heteroatoms. The number of halogens is 5. The van der Waals surface area contributed by atoms with Crippen LogP contribution in [0.2, 0.25) is 0 Å². The Labute approximate surface area is 179 Å². The first-order chi connectivity index (χ1) is 14.1. The van der Waals surface area contributed by atoms with Gasteiger partial charge in [0.1, 0.15) is 34.8 Å². The highest BCUT2D eigenvalue weighted by molar-refractivity contribution is 9.09. The average Bonchev–Trinajstić information content (AvgIpc) is 2.67. The molecule has 0 N–H and O–H groups in total. The van der Waals surface area contributed by atoms with E-state index in [-0.39, 0.29) is 16.8 Å². The number of ketones is 2. The van der Waals surface area contributed by atoms with Gasteiger partial charge < -0.3 is 9.47 Å². The third-order valence-corrected chi connectivity index (χ3v) is 3.76. The fourth-order valence-electron chi connectivity index (χ4n) is 2.00. The van der Waals surface area contributed by atoms with Crippen LogP contribution in [0.1, 0.15) is 34.6 Å². The van der Waals surface area contributed by atoms with Gasteiger partial charge in [-0.1, -0.05) is 15.9 Å². The molecule has 5 nitrogen and oxygen atoms in total. The highest BCUT2D eigenvalue weighted by atomic mass is 79.9. The summed E-state index contributed by atoms with van der Waals surface area (Å²) in [5.41, 5.74) is -1.07. The first kappa shape index (κ1) is 27.1. The van der Waals surface area contributed by atoms with Crippen LogP contribution < -0.4 is 9.47 Å². The minimum absolute atomic E-state index is 0.0473. The zero-order valence-electron chi connectivity index (χ0n) is 16.5. The number of rotatable bonds is 5. The lowest BCUT2D eigenvalue weighted by molar-refractivity contribution is 0.0998. The van der Waals surface area contributed by atoms with E-state index in [9.17, 15) is 27.2 Å². The van der Waals surface area contributed by atoms with E-state index in [1.807, 2.05) is 0 Å². The van der Waals surface area contributed by atoms with Gasteiger partial charge in [-0.25, -0.2) is 17.6 Å². The maximum atomic E-state index is 13.2. The molecule has 0 fully saturated rings. The molecule has 162 valence electrons. The first-order valence-electron chi connectivity index (χ1n) is 8.04. The highest BCUT2D eigenvalue weighted by Gasteiger charge is 2.18. The lowest BCUT2D eigenvalue weighted by atomic mass is 10.1. The summed E-state index contributed by atoms with van der Waals surface area (Å²) in [5.74, 6) is -4.79. The van der Waals surface area contributed by atoms with Crippen LogP contribution in [-0.2, 0) is 0 Å². The molecule has 0 radical (unpaired) electrons. The minimum atomic E-state index is -0.911. The molecule has 2 aromatic rings. The van der Waals surface area contributed by atoms with E-state index in [4.69, 9.17) is 5.26 Å². The molecule has 0 spiro atoms. The summed E-state index contributed by atoms with van der Waals surface area (Å²) in [6.07, 6.45) is 0. The molecule has 0 aromatic heterocycles. The van der Waals surface area contributed by atoms with Crippen LogP contribution in [0.4, 0.5) is 17.6 Å². The van der Waals surface area contributed by atoms with Gasteiger partial charge in [0.2, 0.25) is 0 Å². The SMILES string of the molecule is CC#N.COc1cc(F)c(C(=O)CBr)c(F)c1.COc1cc(F)c(C(C)=O)c(F)c1. The Balaban J connectivity index is 0.000000497. The van der Waals surface area contributed by atoms with Crippen LogP contribution in [-0.4, -0.2) is 31.1 Å². The Hall–Kier alpha value is -2.93. The van der Waals surface area contributed by atoms with Gasteiger partial charge in [0.25, 0.3) is 0 Å². The van der Waals surface area contributed by atoms with E-state index in [0.717, 1.165) is 31.2 Å². The molecule has 30 heavy (non-hydrogen) atoms. The number of alkyl halides is 1. The van der Waals surface area contributed by atoms with Gasteiger partial charge in [-0.2, -0.15) is 5.26 Å². The quantitative estimate of drug-likeness (QED) is 0.324. The van der Waals surface area contributed by atoms with Gasteiger partial charge in [-0.3, -0.25) is 9.59 Å². The second-order valence-electron chi connectivity index (χ2n) is 5.27. The van der Waals surface area contributed by atoms with Crippen molar-refractivity contribution in [3.8, 4) is 17.6 Å². The summed E-state index contributed by atoms with van der Waals surface area (Å²) in [6, 6.07) is 5.64. The number of hydrogen-bond donors (Lipinski definition) is 0. The fourth-order valence-corrected chi connectivity index (χ4v) is 2.29. The van der Waals surface area contributed by atoms with E-state index < -0.39 is 46.0 Å². The molecule has 0 bridgehead atoms. The molecule has 2 rings (SSSR count). The predicted octanol–water partition coefficient (Wildman–Crippen LogP) is 5.26. The molecule has 2 aromatic carbocycles. The number of benzene rings is 2. The number of methoxy groups -OCH3 is 2. The first-order valence-corrected chi connectivity index (χ1v) is 9.16. The Morgan fingerprint density at radius 2 is 1.20 bits per heavy atom. The topological polar surface area (TPSA) is 76.4 Å². The molecular weight excluding hydrogens is 474 g/mol. The van der Waals surface area contributed by atoms with Crippen LogP contribution in [0, 0.1) is 34.6 Å². The lowest BCUT2D eigenvalue weighted by Gasteiger charge is -2.04. The average molecular weight is 492 g/mol. The van der Waals surface area contributed by atoms with Crippen molar-refractivity contribution in [2.24, 2.45) is 0 Å². The third kappa shape index (κ3) is 7.83. The maximum Gasteiger partial charge on any atom is 0.179 e. The Bertz CT molecular complexity index is 899. The van der Waals surface area contributed by atoms with Crippen molar-refractivity contribution in [1.82, 2.24) is 0 Å². The summed E-state index contributed by atoms with van der Waals surface area (Å²) >= 11 is 2.84. The van der Waals surface area contributed by atoms with Crippen molar-refractivity contribution >= 4 is 27.5 Å². The van der Waals surface area contributed by atoms with E-state index in [2.05, 4.69) is 25.4 Å². The Morgan fingerprint density at radius 1 is 0.900 bits per heavy atom. The maximum absolute atomic E-state index is 13.2. The fraction of sp³-hybridized carbons (Fsp3) is 0.250. The number of carbonyl (C=O) groups is 2. The molecule has 0 aliphatic carbocycles. The minimum Gasteiger partial charge on any atom is -0.497 e. The molecular formula is C20H18BrF4NO4. The summed E-state index contributed by atoms with van der Waals surface area (Å²) in [5, 5.41) is 7.20. The van der Waals surface area contributed by atoms with E-state index in [1.54, 1.807) is 6.07 Å². The van der Waals surface area contributed by atoms with Gasteiger partial charge in [0.15, 0.2) is 11.6 Å². The van der Waals surface area contributed by atoms with E-state index in [0.29, 0.717) is 0 Å². The number of hydrogen-bond acceptors (Lipinski definition) is 5. The largest absolute Gasteiger partial charge is 0.497 e. The molecule has 0 saturated carbocycles. The zero-order valence-corrected chi connectivity index (χ0v) is 18.1. The smallest absolute Gasteiger partial charge is 0.179 e. The number of nitrogens with zero attached hydrogens (tertiary/aromatic N) is 1. The van der Waals surface area contributed by atoms with Gasteiger partial charge >= 0.3 is 0 Å². The Morgan fingerprint density at radius 3 is 1.43 bits per heavy atom. The number of Topliss-reactive ketones (excluding diaryl/α,β-unsaturated/α-hetero) is 2. The van der Waals surface area contributed by atoms with Crippen molar-refractivity contribution < 1.29 is 36.6 Å². The Kier molecular flexibility index (Phi) is 12.0. The van der Waals surface area contributed by atoms with Crippen molar-refractivity contribution in [3.63, 3.8) is 0 Å². The molecule has 0 aliphatic rings. The lowest BCUT2D eigenvalue weighted by Crippen LogP contribution is -2.07. The zero-order chi connectivity index (χ0) is 23.4. The predicted molar refractivity (Wildman–Crippen MR) is 105 cm³/mol. The molecule has 0 amide bonds. The van der Waals surface area contributed by atoms with Gasteiger partial charge in [-0.15, -0.1) is 0 Å². The van der Waals surface area contributed by atoms with Crippen LogP contribution >= 0.6 is 15.9 Å². The molecule has 0 unspecified atom stereocenters. The summed E-state index contributed by atoms with van der Waals surface area (Å²) in [7, 11) is 2.59. The van der Waals surface area contributed by atoms with Crippen molar-refractivity contribution in [2.45, 2.75) is 13.8 Å². The second kappa shape index (κ2) is 13.3. The summed E-state index contributed by atoms with van der Waals surface area (Å²) in [6.45, 7) is 2.54. The molecule has 0 heterocycles. The van der Waals surface area contributed by atoms with Gasteiger partial charge in [0.05, 0.1) is 36.7 Å². The second-order valence-corrected chi connectivity index (χ2v) is 5.83. The molecule has 0 aliphatic heterocycles. The summed E-state index contributed by atoms with van der Waals surface area (Å²) < 4.78 is 61.6. The van der Waals surface area contributed by atoms with Gasteiger partial charge in [0, 0.05) is 31.2 Å². The van der Waals surface area contributed by atoms with Crippen molar-refractivity contribution in [3.05, 3.63) is 58.7 Å². The number of ether oxygens (including phenoxy) is 2. The standard InChI is InChI=1S/C9H7BrF2O2.C9H8F2O2.C2H3N/c1-14-5-2-6(11)9(7(12)3-5)8(13)4-10;1-5(12)9-7(10)3-6(13-2)4-8(9)11;1-2-3/h2-3H,4H2,1H3;3-4H,1-2H3;1H3. The highest BCUT2D eigenvalue weighted by Crippen LogP contribution is 2.21. The molecule has 0 atom stereocenters.